The van der Waals surface area contributed by atoms with Crippen LogP contribution < -0.4 is 5.73 Å². The zero-order chi connectivity index (χ0) is 18.7. The summed E-state index contributed by atoms with van der Waals surface area (Å²) in [6.07, 6.45) is 1.25. The molecule has 0 amide bonds. The molecule has 0 fully saturated rings. The number of fused-ring (bicyclic) bond motifs is 1. The van der Waals surface area contributed by atoms with Crippen LogP contribution in [0.1, 0.15) is 11.1 Å². The quantitative estimate of drug-likeness (QED) is 0.718. The van der Waals surface area contributed by atoms with E-state index in [9.17, 15) is 14.8 Å². The van der Waals surface area contributed by atoms with Crippen molar-refractivity contribution >= 4 is 22.6 Å². The topological polar surface area (TPSA) is 101 Å². The number of allylic oxidation sites excluding steroid dienone is 1. The van der Waals surface area contributed by atoms with Gasteiger partial charge in [-0.1, -0.05) is 35.0 Å². The monoisotopic (exact) mass is 371 g/mol. The maximum atomic E-state index is 13.8. The molecule has 6 nitrogen and oxygen atoms in total. The number of aromatic nitrogens is 3. The van der Waals surface area contributed by atoms with E-state index in [-0.39, 0.29) is 19.7 Å². The first-order valence-corrected chi connectivity index (χ1v) is 8.17. The van der Waals surface area contributed by atoms with Crippen LogP contribution >= 0.6 is 11.6 Å². The molecule has 0 aliphatic rings. The molecule has 0 radical (unpaired) electrons. The molecular weight excluding hydrogens is 357 g/mol. The Kier molecular flexibility index (Phi) is 5.28. The largest absolute Gasteiger partial charge is 0.392 e. The smallest absolute Gasteiger partial charge is 0.121 e. The lowest BCUT2D eigenvalue weighted by molar-refractivity contribution is 0.282. The lowest BCUT2D eigenvalue weighted by Gasteiger charge is -2.09. The number of nitrogens with two attached hydrogens (primary N) is 1. The summed E-state index contributed by atoms with van der Waals surface area (Å²) in [5.74, 6) is -0.441. The Balaban J connectivity index is 2.23. The number of aliphatic hydroxyl groups excluding tert-OH is 1. The van der Waals surface area contributed by atoms with Crippen molar-refractivity contribution in [1.82, 2.24) is 15.0 Å². The molecule has 1 aromatic heterocycles. The Morgan fingerprint density at radius 1 is 1.38 bits per heavy atom. The SMILES string of the molecule is N#Cc1cc(-c2cccc(CO)c2Cl)c2nnn(C/C(F)=C/CN)c2c1. The van der Waals surface area contributed by atoms with E-state index in [1.807, 2.05) is 0 Å². The van der Waals surface area contributed by atoms with Crippen molar-refractivity contribution in [3.8, 4) is 17.2 Å². The van der Waals surface area contributed by atoms with Gasteiger partial charge in [-0.05, 0) is 23.8 Å². The predicted molar refractivity (Wildman–Crippen MR) is 96.9 cm³/mol. The molecule has 3 rings (SSSR count). The molecule has 0 atom stereocenters. The predicted octanol–water partition coefficient (Wildman–Crippen LogP) is 2.93. The number of benzene rings is 2. The Labute approximate surface area is 153 Å². The van der Waals surface area contributed by atoms with Gasteiger partial charge in [-0.25, -0.2) is 9.07 Å². The van der Waals surface area contributed by atoms with E-state index in [0.717, 1.165) is 0 Å². The fourth-order valence-corrected chi connectivity index (χ4v) is 2.99. The zero-order valence-corrected chi connectivity index (χ0v) is 14.4. The lowest BCUT2D eigenvalue weighted by atomic mass is 9.99. The van der Waals surface area contributed by atoms with Gasteiger partial charge in [0.05, 0.1) is 35.3 Å². The van der Waals surface area contributed by atoms with E-state index in [2.05, 4.69) is 16.4 Å². The van der Waals surface area contributed by atoms with Crippen molar-refractivity contribution in [3.63, 3.8) is 0 Å². The fourth-order valence-electron chi connectivity index (χ4n) is 2.70. The molecule has 0 aliphatic heterocycles. The third kappa shape index (κ3) is 3.30. The molecule has 1 heterocycles. The van der Waals surface area contributed by atoms with Gasteiger partial charge in [0, 0.05) is 17.7 Å². The maximum Gasteiger partial charge on any atom is 0.121 e. The molecule has 0 unspecified atom stereocenters. The van der Waals surface area contributed by atoms with Crippen molar-refractivity contribution in [2.45, 2.75) is 13.2 Å². The molecule has 3 N–H and O–H groups in total. The number of nitriles is 1. The first-order chi connectivity index (χ1) is 12.6. The lowest BCUT2D eigenvalue weighted by Crippen LogP contribution is -2.03. The number of hydrogen-bond donors (Lipinski definition) is 2. The Morgan fingerprint density at radius 3 is 2.88 bits per heavy atom. The molecule has 0 saturated heterocycles. The molecule has 0 spiro atoms. The Morgan fingerprint density at radius 2 is 2.19 bits per heavy atom. The average Bonchev–Trinajstić information content (AvgIpc) is 3.04. The van der Waals surface area contributed by atoms with Gasteiger partial charge < -0.3 is 10.8 Å². The minimum Gasteiger partial charge on any atom is -0.392 e. The van der Waals surface area contributed by atoms with Gasteiger partial charge in [0.1, 0.15) is 11.3 Å². The number of nitrogens with zero attached hydrogens (tertiary/aromatic N) is 4. The van der Waals surface area contributed by atoms with Gasteiger partial charge in [0.15, 0.2) is 0 Å². The third-order valence-electron chi connectivity index (χ3n) is 3.93. The van der Waals surface area contributed by atoms with Crippen molar-refractivity contribution < 1.29 is 9.50 Å². The molecule has 132 valence electrons. The normalized spacial score (nSPS) is 11.7. The van der Waals surface area contributed by atoms with E-state index in [4.69, 9.17) is 17.3 Å². The fraction of sp³-hybridized carbons (Fsp3) is 0.167. The van der Waals surface area contributed by atoms with Gasteiger partial charge in [0.2, 0.25) is 0 Å². The second-order valence-electron chi connectivity index (χ2n) is 5.57. The standard InChI is InChI=1S/C18H15ClFN5O/c19-17-12(10-26)2-1-3-14(17)15-6-11(8-22)7-16-18(15)23-24-25(16)9-13(20)4-5-21/h1-4,6-7,26H,5,9-10,21H2/b13-4-. The number of aliphatic hydroxyl groups is 1. The molecule has 26 heavy (non-hydrogen) atoms. The van der Waals surface area contributed by atoms with Crippen LogP contribution in [0.4, 0.5) is 4.39 Å². The molecular formula is C18H15ClFN5O. The van der Waals surface area contributed by atoms with Gasteiger partial charge in [-0.2, -0.15) is 5.26 Å². The van der Waals surface area contributed by atoms with Crippen molar-refractivity contribution in [1.29, 1.82) is 5.26 Å². The summed E-state index contributed by atoms with van der Waals surface area (Å²) >= 11 is 6.39. The minimum absolute atomic E-state index is 0.0801. The van der Waals surface area contributed by atoms with E-state index in [1.54, 1.807) is 30.3 Å². The van der Waals surface area contributed by atoms with Crippen LogP contribution in [0.15, 0.2) is 42.2 Å². The molecule has 0 saturated carbocycles. The molecule has 0 bridgehead atoms. The second-order valence-corrected chi connectivity index (χ2v) is 5.95. The summed E-state index contributed by atoms with van der Waals surface area (Å²) in [5.41, 5.74) is 8.45. The van der Waals surface area contributed by atoms with E-state index >= 15 is 0 Å². The third-order valence-corrected chi connectivity index (χ3v) is 4.38. The average molecular weight is 372 g/mol. The van der Waals surface area contributed by atoms with Gasteiger partial charge >= 0.3 is 0 Å². The number of rotatable bonds is 5. The summed E-state index contributed by atoms with van der Waals surface area (Å²) in [7, 11) is 0. The minimum atomic E-state index is -0.441. The van der Waals surface area contributed by atoms with E-state index in [0.29, 0.717) is 38.3 Å². The summed E-state index contributed by atoms with van der Waals surface area (Å²) in [6.45, 7) is -0.265. The van der Waals surface area contributed by atoms with Gasteiger partial charge in [-0.3, -0.25) is 0 Å². The van der Waals surface area contributed by atoms with Crippen LogP contribution in [-0.2, 0) is 13.2 Å². The number of hydrogen-bond acceptors (Lipinski definition) is 5. The van der Waals surface area contributed by atoms with Crippen LogP contribution in [-0.4, -0.2) is 26.6 Å². The van der Waals surface area contributed by atoms with Crippen LogP contribution in [0, 0.1) is 11.3 Å². The Bertz CT molecular complexity index is 1040. The molecule has 8 heteroatoms. The summed E-state index contributed by atoms with van der Waals surface area (Å²) in [4.78, 5) is 0. The summed E-state index contributed by atoms with van der Waals surface area (Å²) in [5, 5.41) is 27.3. The van der Waals surface area contributed by atoms with Crippen LogP contribution in [0.5, 0.6) is 0 Å². The van der Waals surface area contributed by atoms with Crippen LogP contribution in [0.2, 0.25) is 5.02 Å². The first-order valence-electron chi connectivity index (χ1n) is 7.79. The second kappa shape index (κ2) is 7.62. The highest BCUT2D eigenvalue weighted by Crippen LogP contribution is 2.35. The maximum absolute atomic E-state index is 13.8. The number of halogens is 2. The molecule has 2 aromatic carbocycles. The highest BCUT2D eigenvalue weighted by molar-refractivity contribution is 6.34. The van der Waals surface area contributed by atoms with Crippen molar-refractivity contribution in [3.05, 3.63) is 58.4 Å². The van der Waals surface area contributed by atoms with Crippen molar-refractivity contribution in [2.24, 2.45) is 5.73 Å². The highest BCUT2D eigenvalue weighted by Gasteiger charge is 2.17. The van der Waals surface area contributed by atoms with Crippen LogP contribution in [0.3, 0.4) is 0 Å². The molecule has 3 aromatic rings. The highest BCUT2D eigenvalue weighted by atomic mass is 35.5. The summed E-state index contributed by atoms with van der Waals surface area (Å²) in [6, 6.07) is 10.6. The summed E-state index contributed by atoms with van der Waals surface area (Å²) < 4.78 is 15.2. The van der Waals surface area contributed by atoms with Gasteiger partial charge in [0.25, 0.3) is 0 Å². The zero-order valence-electron chi connectivity index (χ0n) is 13.7. The van der Waals surface area contributed by atoms with Crippen molar-refractivity contribution in [2.75, 3.05) is 6.54 Å². The van der Waals surface area contributed by atoms with Crippen LogP contribution in [0.25, 0.3) is 22.2 Å². The molecule has 0 aliphatic carbocycles. The first kappa shape index (κ1) is 18.0. The van der Waals surface area contributed by atoms with E-state index in [1.165, 1.54) is 10.8 Å². The van der Waals surface area contributed by atoms with Gasteiger partial charge in [-0.15, -0.1) is 5.10 Å². The van der Waals surface area contributed by atoms with E-state index < -0.39 is 5.83 Å². The Hall–Kier alpha value is -2.79.